The number of amides is 3. The molecule has 164 valence electrons. The van der Waals surface area contributed by atoms with Gasteiger partial charge in [-0.3, -0.25) is 14.4 Å². The van der Waals surface area contributed by atoms with Crippen LogP contribution in [0.2, 0.25) is 0 Å². The third-order valence-corrected chi connectivity index (χ3v) is 4.04. The quantitative estimate of drug-likeness (QED) is 0.611. The summed E-state index contributed by atoms with van der Waals surface area (Å²) in [5.74, 6) is -2.45. The van der Waals surface area contributed by atoms with E-state index in [2.05, 4.69) is 15.6 Å². The Bertz CT molecular complexity index is 992. The van der Waals surface area contributed by atoms with Gasteiger partial charge in [-0.15, -0.1) is 10.2 Å². The van der Waals surface area contributed by atoms with Crippen LogP contribution >= 0.6 is 0 Å². The smallest absolute Gasteiger partial charge is 0.408 e. The number of hydroxylamine groups is 2. The SMILES string of the molecule is CC(C)(C)OC(=O)N[C@@H](Cn1cc(CON2C(=O)c3ccccc3C2=O)nn1)C(=O)O. The molecule has 0 bridgehead atoms. The number of hydrogen-bond acceptors (Lipinski definition) is 8. The first-order chi connectivity index (χ1) is 14.5. The third kappa shape index (κ3) is 5.22. The lowest BCUT2D eigenvalue weighted by Gasteiger charge is -2.21. The summed E-state index contributed by atoms with van der Waals surface area (Å²) in [6.07, 6.45) is 0.499. The number of hydrogen-bond donors (Lipinski definition) is 2. The van der Waals surface area contributed by atoms with Gasteiger partial charge in [0.2, 0.25) is 0 Å². The van der Waals surface area contributed by atoms with Crippen LogP contribution in [0.25, 0.3) is 0 Å². The number of aliphatic carboxylic acids is 1. The second kappa shape index (κ2) is 8.52. The number of nitrogens with zero attached hydrogens (tertiary/aromatic N) is 4. The van der Waals surface area contributed by atoms with Crippen molar-refractivity contribution >= 4 is 23.9 Å². The van der Waals surface area contributed by atoms with E-state index in [9.17, 15) is 24.3 Å². The molecular weight excluding hydrogens is 410 g/mol. The van der Waals surface area contributed by atoms with Gasteiger partial charge in [0, 0.05) is 0 Å². The van der Waals surface area contributed by atoms with Crippen molar-refractivity contribution in [2.24, 2.45) is 0 Å². The van der Waals surface area contributed by atoms with Gasteiger partial charge < -0.3 is 15.2 Å². The second-order valence-electron chi connectivity index (χ2n) is 7.69. The molecule has 2 aromatic rings. The van der Waals surface area contributed by atoms with E-state index in [1.54, 1.807) is 32.9 Å². The number of alkyl carbamates (subject to hydrolysis) is 1. The van der Waals surface area contributed by atoms with Crippen LogP contribution in [0.1, 0.15) is 47.2 Å². The van der Waals surface area contributed by atoms with E-state index in [0.29, 0.717) is 5.06 Å². The summed E-state index contributed by atoms with van der Waals surface area (Å²) >= 11 is 0. The van der Waals surface area contributed by atoms with Gasteiger partial charge in [-0.25, -0.2) is 14.3 Å². The average Bonchev–Trinajstić information content (AvgIpc) is 3.21. The zero-order chi connectivity index (χ0) is 22.8. The van der Waals surface area contributed by atoms with Gasteiger partial charge in [-0.2, -0.15) is 0 Å². The lowest BCUT2D eigenvalue weighted by Crippen LogP contribution is -2.45. The Morgan fingerprint density at radius 3 is 2.32 bits per heavy atom. The van der Waals surface area contributed by atoms with Crippen LogP contribution in [-0.4, -0.2) is 60.7 Å². The molecule has 0 radical (unpaired) electrons. The van der Waals surface area contributed by atoms with E-state index in [1.165, 1.54) is 23.0 Å². The fraction of sp³-hybridized carbons (Fsp3) is 0.368. The topological polar surface area (TPSA) is 153 Å². The molecule has 0 fully saturated rings. The summed E-state index contributed by atoms with van der Waals surface area (Å²) in [6, 6.07) is 5.02. The first-order valence-electron chi connectivity index (χ1n) is 9.27. The number of carbonyl (C=O) groups is 4. The predicted octanol–water partition coefficient (Wildman–Crippen LogP) is 0.984. The monoisotopic (exact) mass is 431 g/mol. The summed E-state index contributed by atoms with van der Waals surface area (Å²) in [6.45, 7) is 4.48. The highest BCUT2D eigenvalue weighted by Crippen LogP contribution is 2.23. The Morgan fingerprint density at radius 1 is 1.16 bits per heavy atom. The number of aromatic nitrogens is 3. The van der Waals surface area contributed by atoms with Crippen molar-refractivity contribution in [2.45, 2.75) is 45.6 Å². The van der Waals surface area contributed by atoms with Gasteiger partial charge in [0.1, 0.15) is 23.9 Å². The van der Waals surface area contributed by atoms with Crippen molar-refractivity contribution in [1.29, 1.82) is 0 Å². The van der Waals surface area contributed by atoms with Crippen molar-refractivity contribution < 1.29 is 33.9 Å². The lowest BCUT2D eigenvalue weighted by atomic mass is 10.1. The number of carbonyl (C=O) groups excluding carboxylic acids is 3. The molecule has 0 aliphatic carbocycles. The van der Waals surface area contributed by atoms with E-state index in [0.717, 1.165) is 0 Å². The maximum absolute atomic E-state index is 12.3. The highest BCUT2D eigenvalue weighted by atomic mass is 16.7. The average molecular weight is 431 g/mol. The Kier molecular flexibility index (Phi) is 6.02. The minimum absolute atomic E-state index is 0.228. The Labute approximate surface area is 176 Å². The van der Waals surface area contributed by atoms with Crippen molar-refractivity contribution in [3.63, 3.8) is 0 Å². The van der Waals surface area contributed by atoms with Crippen molar-refractivity contribution in [3.8, 4) is 0 Å². The van der Waals surface area contributed by atoms with Crippen LogP contribution in [0.3, 0.4) is 0 Å². The summed E-state index contributed by atoms with van der Waals surface area (Å²) < 4.78 is 6.25. The summed E-state index contributed by atoms with van der Waals surface area (Å²) in [7, 11) is 0. The highest BCUT2D eigenvalue weighted by Gasteiger charge is 2.36. The fourth-order valence-electron chi connectivity index (χ4n) is 2.73. The molecule has 3 rings (SSSR count). The van der Waals surface area contributed by atoms with Gasteiger partial charge in [0.05, 0.1) is 23.9 Å². The number of carboxylic acid groups (broad SMARTS) is 1. The minimum atomic E-state index is -1.32. The van der Waals surface area contributed by atoms with E-state index in [1.807, 2.05) is 0 Å². The maximum Gasteiger partial charge on any atom is 0.408 e. The van der Waals surface area contributed by atoms with E-state index < -0.39 is 35.5 Å². The zero-order valence-electron chi connectivity index (χ0n) is 17.1. The molecule has 1 aliphatic heterocycles. The Hall–Kier alpha value is -3.80. The van der Waals surface area contributed by atoms with Crippen LogP contribution in [0.4, 0.5) is 4.79 Å². The van der Waals surface area contributed by atoms with Gasteiger partial charge in [0.15, 0.2) is 0 Å². The molecule has 2 N–H and O–H groups in total. The normalized spacial score (nSPS) is 14.4. The molecule has 12 heteroatoms. The number of benzene rings is 1. The molecule has 3 amide bonds. The van der Waals surface area contributed by atoms with Gasteiger partial charge in [-0.05, 0) is 32.9 Å². The molecule has 1 aromatic carbocycles. The molecular formula is C19H21N5O7. The molecule has 31 heavy (non-hydrogen) atoms. The van der Waals surface area contributed by atoms with E-state index in [4.69, 9.17) is 9.57 Å². The molecule has 0 saturated carbocycles. The second-order valence-corrected chi connectivity index (χ2v) is 7.69. The number of rotatable bonds is 7. The first-order valence-corrected chi connectivity index (χ1v) is 9.27. The summed E-state index contributed by atoms with van der Waals surface area (Å²) in [5.41, 5.74) is -0.0463. The molecule has 2 heterocycles. The van der Waals surface area contributed by atoms with E-state index >= 15 is 0 Å². The van der Waals surface area contributed by atoms with Crippen LogP contribution in [0.5, 0.6) is 0 Å². The van der Waals surface area contributed by atoms with Crippen molar-refractivity contribution in [2.75, 3.05) is 0 Å². The molecule has 1 aromatic heterocycles. The molecule has 12 nitrogen and oxygen atoms in total. The molecule has 0 saturated heterocycles. The molecule has 1 atom stereocenters. The maximum atomic E-state index is 12.3. The largest absolute Gasteiger partial charge is 0.480 e. The fourth-order valence-corrected chi connectivity index (χ4v) is 2.73. The third-order valence-electron chi connectivity index (χ3n) is 4.04. The van der Waals surface area contributed by atoms with Crippen LogP contribution in [0.15, 0.2) is 30.5 Å². The summed E-state index contributed by atoms with van der Waals surface area (Å²) in [5, 5.41) is 19.9. The lowest BCUT2D eigenvalue weighted by molar-refractivity contribution is -0.139. The van der Waals surface area contributed by atoms with Crippen LogP contribution in [-0.2, 0) is 27.5 Å². The number of carboxylic acids is 1. The summed E-state index contributed by atoms with van der Waals surface area (Å²) in [4.78, 5) is 53.1. The van der Waals surface area contributed by atoms with Gasteiger partial charge in [0.25, 0.3) is 11.8 Å². The van der Waals surface area contributed by atoms with E-state index in [-0.39, 0.29) is 30.0 Å². The number of imide groups is 1. The van der Waals surface area contributed by atoms with Gasteiger partial charge >= 0.3 is 12.1 Å². The Morgan fingerprint density at radius 2 is 1.77 bits per heavy atom. The molecule has 0 unspecified atom stereocenters. The number of fused-ring (bicyclic) bond motifs is 1. The van der Waals surface area contributed by atoms with Crippen molar-refractivity contribution in [1.82, 2.24) is 25.4 Å². The number of ether oxygens (including phenoxy) is 1. The van der Waals surface area contributed by atoms with Gasteiger partial charge in [-0.1, -0.05) is 17.3 Å². The van der Waals surface area contributed by atoms with Crippen LogP contribution in [0, 0.1) is 0 Å². The molecule has 1 aliphatic rings. The standard InChI is InChI=1S/C19H21N5O7/c1-19(2,3)31-18(29)20-14(17(27)28)9-23-8-11(21-22-23)10-30-24-15(25)12-6-4-5-7-13(12)16(24)26/h4-8,14H,9-10H2,1-3H3,(H,20,29)(H,27,28)/t14-/m0/s1. The zero-order valence-corrected chi connectivity index (χ0v) is 17.1. The minimum Gasteiger partial charge on any atom is -0.480 e. The van der Waals surface area contributed by atoms with Crippen molar-refractivity contribution in [3.05, 3.63) is 47.3 Å². The highest BCUT2D eigenvalue weighted by molar-refractivity contribution is 6.20. The Balaban J connectivity index is 1.58. The van der Waals surface area contributed by atoms with Crippen LogP contribution < -0.4 is 5.32 Å². The number of nitrogens with one attached hydrogen (secondary N) is 1. The first kappa shape index (κ1) is 21.9. The molecule has 0 spiro atoms. The predicted molar refractivity (Wildman–Crippen MR) is 103 cm³/mol.